The molecule has 0 spiro atoms. The maximum atomic E-state index is 5.59. The highest BCUT2D eigenvalue weighted by atomic mass is 35.5. The maximum absolute atomic E-state index is 5.59. The molecule has 0 fully saturated rings. The van der Waals surface area contributed by atoms with Crippen molar-refractivity contribution in [1.29, 1.82) is 0 Å². The van der Waals surface area contributed by atoms with Crippen LogP contribution in [0.5, 0.6) is 5.88 Å². The van der Waals surface area contributed by atoms with E-state index in [4.69, 9.17) is 16.3 Å². The van der Waals surface area contributed by atoms with Crippen LogP contribution < -0.4 is 4.74 Å². The number of H-pyrrole nitrogens is 1. The molecule has 0 bridgehead atoms. The molecule has 2 rings (SSSR count). The summed E-state index contributed by atoms with van der Waals surface area (Å²) in [6.45, 7) is 0. The number of methoxy groups -OCH3 is 1. The van der Waals surface area contributed by atoms with Crippen molar-refractivity contribution in [3.8, 4) is 5.88 Å². The first kappa shape index (κ1) is 7.30. The molecule has 0 unspecified atom stereocenters. The fourth-order valence-electron chi connectivity index (χ4n) is 0.911. The minimum atomic E-state index is 0.183. The zero-order valence-corrected chi connectivity index (χ0v) is 6.96. The summed E-state index contributed by atoms with van der Waals surface area (Å²) in [7, 11) is 1.52. The molecule has 0 saturated carbocycles. The van der Waals surface area contributed by atoms with E-state index < -0.39 is 0 Å². The Hall–Kier alpha value is -1.36. The Labute approximate surface area is 72.7 Å². The molecule has 0 aliphatic rings. The molecule has 0 radical (unpaired) electrons. The molecule has 5 nitrogen and oxygen atoms in total. The number of hydrogen-bond acceptors (Lipinski definition) is 4. The SMILES string of the molecule is COc1n[nH]c2cnc(Cl)nc12. The van der Waals surface area contributed by atoms with Crippen molar-refractivity contribution in [2.75, 3.05) is 7.11 Å². The molecule has 6 heteroatoms. The molecular formula is C6H5ClN4O. The Balaban J connectivity index is 2.75. The van der Waals surface area contributed by atoms with Gasteiger partial charge < -0.3 is 4.74 Å². The third-order valence-electron chi connectivity index (χ3n) is 1.43. The monoisotopic (exact) mass is 184 g/mol. The lowest BCUT2D eigenvalue weighted by Gasteiger charge is -1.92. The number of aromatic amines is 1. The highest BCUT2D eigenvalue weighted by Crippen LogP contribution is 2.19. The highest BCUT2D eigenvalue weighted by molar-refractivity contribution is 6.28. The van der Waals surface area contributed by atoms with Gasteiger partial charge in [0.25, 0.3) is 5.88 Å². The van der Waals surface area contributed by atoms with E-state index in [0.29, 0.717) is 16.9 Å². The van der Waals surface area contributed by atoms with Gasteiger partial charge in [-0.3, -0.25) is 5.10 Å². The number of nitrogens with zero attached hydrogens (tertiary/aromatic N) is 3. The van der Waals surface area contributed by atoms with E-state index in [1.807, 2.05) is 0 Å². The van der Waals surface area contributed by atoms with Crippen LogP contribution in [0.25, 0.3) is 11.0 Å². The van der Waals surface area contributed by atoms with Gasteiger partial charge in [0.1, 0.15) is 5.52 Å². The van der Waals surface area contributed by atoms with Crippen LogP contribution in [-0.2, 0) is 0 Å². The Morgan fingerprint density at radius 1 is 1.58 bits per heavy atom. The number of hydrogen-bond donors (Lipinski definition) is 1. The molecule has 0 saturated heterocycles. The van der Waals surface area contributed by atoms with Gasteiger partial charge in [-0.25, -0.2) is 9.97 Å². The first-order valence-electron chi connectivity index (χ1n) is 3.22. The second-order valence-electron chi connectivity index (χ2n) is 2.13. The highest BCUT2D eigenvalue weighted by Gasteiger charge is 2.07. The summed E-state index contributed by atoms with van der Waals surface area (Å²) in [5.74, 6) is 0.425. The summed E-state index contributed by atoms with van der Waals surface area (Å²) in [5, 5.41) is 6.74. The fraction of sp³-hybridized carbons (Fsp3) is 0.167. The number of ether oxygens (including phenoxy) is 1. The lowest BCUT2D eigenvalue weighted by molar-refractivity contribution is 0.400. The van der Waals surface area contributed by atoms with Gasteiger partial charge in [-0.15, -0.1) is 5.10 Å². The quantitative estimate of drug-likeness (QED) is 0.672. The average molecular weight is 185 g/mol. The van der Waals surface area contributed by atoms with E-state index in [2.05, 4.69) is 20.2 Å². The largest absolute Gasteiger partial charge is 0.478 e. The molecule has 0 amide bonds. The van der Waals surface area contributed by atoms with Gasteiger partial charge in [0.15, 0.2) is 5.52 Å². The van der Waals surface area contributed by atoms with Gasteiger partial charge in [-0.1, -0.05) is 0 Å². The van der Waals surface area contributed by atoms with Gasteiger partial charge in [0.2, 0.25) is 5.28 Å². The van der Waals surface area contributed by atoms with Crippen molar-refractivity contribution in [2.45, 2.75) is 0 Å². The molecule has 0 aliphatic carbocycles. The summed E-state index contributed by atoms with van der Waals surface area (Å²) >= 11 is 5.59. The molecule has 0 aromatic carbocycles. The van der Waals surface area contributed by atoms with Gasteiger partial charge in [-0.2, -0.15) is 0 Å². The van der Waals surface area contributed by atoms with Crippen molar-refractivity contribution in [1.82, 2.24) is 20.2 Å². The van der Waals surface area contributed by atoms with Crippen molar-refractivity contribution < 1.29 is 4.74 Å². The van der Waals surface area contributed by atoms with Crippen LogP contribution in [0.2, 0.25) is 5.28 Å². The number of aromatic nitrogens is 4. The van der Waals surface area contributed by atoms with Crippen LogP contribution in [-0.4, -0.2) is 27.3 Å². The Morgan fingerprint density at radius 2 is 2.42 bits per heavy atom. The van der Waals surface area contributed by atoms with E-state index in [0.717, 1.165) is 0 Å². The van der Waals surface area contributed by atoms with Crippen LogP contribution in [0, 0.1) is 0 Å². The minimum Gasteiger partial charge on any atom is -0.478 e. The summed E-state index contributed by atoms with van der Waals surface area (Å²) in [4.78, 5) is 7.72. The van der Waals surface area contributed by atoms with Crippen LogP contribution in [0.4, 0.5) is 0 Å². The van der Waals surface area contributed by atoms with Crippen LogP contribution >= 0.6 is 11.6 Å². The normalized spacial score (nSPS) is 10.5. The maximum Gasteiger partial charge on any atom is 0.259 e. The summed E-state index contributed by atoms with van der Waals surface area (Å²) in [6, 6.07) is 0. The summed E-state index contributed by atoms with van der Waals surface area (Å²) < 4.78 is 4.93. The van der Waals surface area contributed by atoms with Crippen molar-refractivity contribution in [2.24, 2.45) is 0 Å². The van der Waals surface area contributed by atoms with E-state index in [-0.39, 0.29) is 5.28 Å². The number of fused-ring (bicyclic) bond motifs is 1. The molecule has 0 aliphatic heterocycles. The predicted octanol–water partition coefficient (Wildman–Crippen LogP) is 1.01. The van der Waals surface area contributed by atoms with Crippen molar-refractivity contribution in [3.63, 3.8) is 0 Å². The van der Waals surface area contributed by atoms with Gasteiger partial charge >= 0.3 is 0 Å². The molecule has 2 heterocycles. The van der Waals surface area contributed by atoms with Gasteiger partial charge in [0.05, 0.1) is 13.3 Å². The van der Waals surface area contributed by atoms with E-state index >= 15 is 0 Å². The zero-order chi connectivity index (χ0) is 8.55. The molecule has 0 atom stereocenters. The lowest BCUT2D eigenvalue weighted by atomic mass is 10.5. The smallest absolute Gasteiger partial charge is 0.259 e. The van der Waals surface area contributed by atoms with Crippen LogP contribution in [0.3, 0.4) is 0 Å². The molecule has 62 valence electrons. The van der Waals surface area contributed by atoms with Crippen molar-refractivity contribution in [3.05, 3.63) is 11.5 Å². The molecule has 2 aromatic rings. The fourth-order valence-corrected chi connectivity index (χ4v) is 1.04. The Bertz CT molecular complexity index is 413. The second kappa shape index (κ2) is 2.60. The van der Waals surface area contributed by atoms with Crippen LogP contribution in [0.15, 0.2) is 6.20 Å². The topological polar surface area (TPSA) is 63.7 Å². The third-order valence-corrected chi connectivity index (χ3v) is 1.62. The second-order valence-corrected chi connectivity index (χ2v) is 2.47. The van der Waals surface area contributed by atoms with Crippen LogP contribution in [0.1, 0.15) is 0 Å². The Morgan fingerprint density at radius 3 is 3.17 bits per heavy atom. The average Bonchev–Trinajstić information content (AvgIpc) is 2.46. The van der Waals surface area contributed by atoms with E-state index in [1.165, 1.54) is 7.11 Å². The van der Waals surface area contributed by atoms with E-state index in [1.54, 1.807) is 6.20 Å². The summed E-state index contributed by atoms with van der Waals surface area (Å²) in [6.07, 6.45) is 1.56. The first-order chi connectivity index (χ1) is 5.81. The molecule has 12 heavy (non-hydrogen) atoms. The zero-order valence-electron chi connectivity index (χ0n) is 6.21. The number of nitrogens with one attached hydrogen (secondary N) is 1. The molecule has 2 aromatic heterocycles. The number of halogens is 1. The van der Waals surface area contributed by atoms with Crippen molar-refractivity contribution >= 4 is 22.6 Å². The van der Waals surface area contributed by atoms with Gasteiger partial charge in [0, 0.05) is 0 Å². The predicted molar refractivity (Wildman–Crippen MR) is 43.2 cm³/mol. The molecule has 1 N–H and O–H groups in total. The first-order valence-corrected chi connectivity index (χ1v) is 3.59. The Kier molecular flexibility index (Phi) is 1.58. The molecular weight excluding hydrogens is 180 g/mol. The third kappa shape index (κ3) is 0.984. The minimum absolute atomic E-state index is 0.183. The standard InChI is InChI=1S/C6H5ClN4O/c1-12-5-4-3(10-11-5)2-8-6(7)9-4/h2H,1H3,(H,10,11). The number of rotatable bonds is 1. The lowest BCUT2D eigenvalue weighted by Crippen LogP contribution is -1.85. The van der Waals surface area contributed by atoms with Gasteiger partial charge in [-0.05, 0) is 11.6 Å². The van der Waals surface area contributed by atoms with E-state index in [9.17, 15) is 0 Å². The summed E-state index contributed by atoms with van der Waals surface area (Å²) in [5.41, 5.74) is 1.30.